The maximum atomic E-state index is 4.67. The average Bonchev–Trinajstić information content (AvgIpc) is 2.95. The first-order valence-electron chi connectivity index (χ1n) is 5.98. The molecule has 1 saturated heterocycles. The van der Waals surface area contributed by atoms with Gasteiger partial charge in [0.05, 0.1) is 0 Å². The molecule has 0 bridgehead atoms. The van der Waals surface area contributed by atoms with E-state index in [4.69, 9.17) is 0 Å². The molecule has 2 fully saturated rings. The summed E-state index contributed by atoms with van der Waals surface area (Å²) >= 11 is 1.56. The lowest BCUT2D eigenvalue weighted by Gasteiger charge is -2.38. The van der Waals surface area contributed by atoms with Crippen molar-refractivity contribution in [3.63, 3.8) is 0 Å². The molecule has 16 heavy (non-hydrogen) atoms. The summed E-state index contributed by atoms with van der Waals surface area (Å²) in [6.45, 7) is 7.57. The first-order valence-corrected chi connectivity index (χ1v) is 6.75. The van der Waals surface area contributed by atoms with Gasteiger partial charge in [0, 0.05) is 42.6 Å². The Morgan fingerprint density at radius 2 is 2.25 bits per heavy atom. The van der Waals surface area contributed by atoms with Crippen molar-refractivity contribution in [1.29, 1.82) is 0 Å². The summed E-state index contributed by atoms with van der Waals surface area (Å²) in [4.78, 5) is 7.03. The molecule has 0 atom stereocenters. The maximum Gasteiger partial charge on any atom is 0.205 e. The molecule has 1 saturated carbocycles. The van der Waals surface area contributed by atoms with Crippen LogP contribution >= 0.6 is 11.5 Å². The van der Waals surface area contributed by atoms with E-state index in [-0.39, 0.29) is 5.54 Å². The average molecular weight is 238 g/mol. The van der Waals surface area contributed by atoms with Crippen LogP contribution in [0.5, 0.6) is 0 Å². The summed E-state index contributed by atoms with van der Waals surface area (Å²) in [6.07, 6.45) is 2.56. The smallest absolute Gasteiger partial charge is 0.205 e. The van der Waals surface area contributed by atoms with Gasteiger partial charge in [0.2, 0.25) is 5.13 Å². The predicted octanol–water partition coefficient (Wildman–Crippen LogP) is 1.60. The lowest BCUT2D eigenvalue weighted by Crippen LogP contribution is -2.57. The molecule has 2 heterocycles. The van der Waals surface area contributed by atoms with Gasteiger partial charge >= 0.3 is 0 Å². The van der Waals surface area contributed by atoms with Crippen molar-refractivity contribution in [3.05, 3.63) is 5.82 Å². The number of nitrogens with zero attached hydrogens (tertiary/aromatic N) is 3. The number of hydrogen-bond acceptors (Lipinski definition) is 5. The van der Waals surface area contributed by atoms with Crippen molar-refractivity contribution in [2.45, 2.75) is 38.1 Å². The molecule has 88 valence electrons. The minimum Gasteiger partial charge on any atom is -0.344 e. The van der Waals surface area contributed by atoms with Gasteiger partial charge in [-0.15, -0.1) is 0 Å². The fraction of sp³-hybridized carbons (Fsp3) is 0.818. The van der Waals surface area contributed by atoms with E-state index in [2.05, 4.69) is 33.4 Å². The van der Waals surface area contributed by atoms with Gasteiger partial charge in [0.25, 0.3) is 0 Å². The van der Waals surface area contributed by atoms with E-state index in [0.29, 0.717) is 5.92 Å². The molecule has 0 spiro atoms. The SMILES string of the molecule is CC1(C)CN(c2nc(C3CC3)ns2)CCN1. The minimum absolute atomic E-state index is 0.184. The number of hydrogen-bond donors (Lipinski definition) is 1. The molecule has 2 aliphatic rings. The number of rotatable bonds is 2. The van der Waals surface area contributed by atoms with E-state index in [9.17, 15) is 0 Å². The van der Waals surface area contributed by atoms with Crippen LogP contribution in [0, 0.1) is 0 Å². The maximum absolute atomic E-state index is 4.67. The summed E-state index contributed by atoms with van der Waals surface area (Å²) in [6, 6.07) is 0. The molecule has 1 aromatic heterocycles. The van der Waals surface area contributed by atoms with Crippen LogP contribution in [0.4, 0.5) is 5.13 Å². The third-order valence-electron chi connectivity index (χ3n) is 3.22. The molecular weight excluding hydrogens is 220 g/mol. The summed E-state index contributed by atoms with van der Waals surface area (Å²) in [5.74, 6) is 1.75. The highest BCUT2D eigenvalue weighted by Crippen LogP contribution is 2.39. The Morgan fingerprint density at radius 1 is 1.44 bits per heavy atom. The molecule has 1 aliphatic carbocycles. The van der Waals surface area contributed by atoms with Crippen molar-refractivity contribution in [3.8, 4) is 0 Å². The molecule has 5 heteroatoms. The second kappa shape index (κ2) is 3.67. The van der Waals surface area contributed by atoms with Crippen LogP contribution < -0.4 is 10.2 Å². The molecule has 1 aliphatic heterocycles. The molecule has 1 N–H and O–H groups in total. The van der Waals surface area contributed by atoms with Crippen molar-refractivity contribution in [2.75, 3.05) is 24.5 Å². The number of piperazine rings is 1. The molecule has 0 aromatic carbocycles. The highest BCUT2D eigenvalue weighted by atomic mass is 32.1. The van der Waals surface area contributed by atoms with E-state index >= 15 is 0 Å². The van der Waals surface area contributed by atoms with Crippen LogP contribution in [0.25, 0.3) is 0 Å². The van der Waals surface area contributed by atoms with E-state index in [1.807, 2.05) is 0 Å². The van der Waals surface area contributed by atoms with Gasteiger partial charge in [-0.2, -0.15) is 4.37 Å². The number of aromatic nitrogens is 2. The molecule has 0 radical (unpaired) electrons. The van der Waals surface area contributed by atoms with E-state index in [0.717, 1.165) is 30.6 Å². The van der Waals surface area contributed by atoms with Gasteiger partial charge in [-0.3, -0.25) is 0 Å². The van der Waals surface area contributed by atoms with Crippen LogP contribution in [0.3, 0.4) is 0 Å². The van der Waals surface area contributed by atoms with Crippen molar-refractivity contribution in [2.24, 2.45) is 0 Å². The zero-order valence-corrected chi connectivity index (χ0v) is 10.7. The van der Waals surface area contributed by atoms with Gasteiger partial charge in [0.15, 0.2) is 0 Å². The van der Waals surface area contributed by atoms with E-state index in [1.165, 1.54) is 12.8 Å². The first-order chi connectivity index (χ1) is 7.64. The molecule has 4 nitrogen and oxygen atoms in total. The zero-order valence-electron chi connectivity index (χ0n) is 9.86. The van der Waals surface area contributed by atoms with Gasteiger partial charge in [-0.25, -0.2) is 4.98 Å². The second-order valence-electron chi connectivity index (χ2n) is 5.44. The Balaban J connectivity index is 1.75. The van der Waals surface area contributed by atoms with Crippen LogP contribution in [0.1, 0.15) is 38.4 Å². The predicted molar refractivity (Wildman–Crippen MR) is 66.2 cm³/mol. The lowest BCUT2D eigenvalue weighted by molar-refractivity contribution is 0.353. The quantitative estimate of drug-likeness (QED) is 0.850. The largest absolute Gasteiger partial charge is 0.344 e. The molecule has 1 aromatic rings. The Morgan fingerprint density at radius 3 is 2.94 bits per heavy atom. The van der Waals surface area contributed by atoms with Crippen LogP contribution in [0.15, 0.2) is 0 Å². The lowest BCUT2D eigenvalue weighted by atomic mass is 10.0. The van der Waals surface area contributed by atoms with E-state index in [1.54, 1.807) is 11.5 Å². The number of anilines is 1. The van der Waals surface area contributed by atoms with Gasteiger partial charge in [-0.1, -0.05) is 0 Å². The number of nitrogens with one attached hydrogen (secondary N) is 1. The van der Waals surface area contributed by atoms with Gasteiger partial charge in [0.1, 0.15) is 5.82 Å². The summed E-state index contributed by atoms with van der Waals surface area (Å²) in [7, 11) is 0. The standard InChI is InChI=1S/C11H18N4S/c1-11(2)7-15(6-5-12-11)10-13-9(14-16-10)8-3-4-8/h8,12H,3-7H2,1-2H3. The van der Waals surface area contributed by atoms with E-state index < -0.39 is 0 Å². The second-order valence-corrected chi connectivity index (χ2v) is 6.17. The van der Waals surface area contributed by atoms with Crippen molar-refractivity contribution in [1.82, 2.24) is 14.7 Å². The Bertz CT molecular complexity index is 383. The van der Waals surface area contributed by atoms with Gasteiger partial charge < -0.3 is 10.2 Å². The topological polar surface area (TPSA) is 41.1 Å². The summed E-state index contributed by atoms with van der Waals surface area (Å²) < 4.78 is 4.47. The van der Waals surface area contributed by atoms with Crippen LogP contribution in [-0.2, 0) is 0 Å². The molecular formula is C11H18N4S. The summed E-state index contributed by atoms with van der Waals surface area (Å²) in [5, 5.41) is 4.62. The third kappa shape index (κ3) is 2.06. The first kappa shape index (κ1) is 10.5. The van der Waals surface area contributed by atoms with Crippen LogP contribution in [-0.4, -0.2) is 34.5 Å². The summed E-state index contributed by atoms with van der Waals surface area (Å²) in [5.41, 5.74) is 0.184. The highest BCUT2D eigenvalue weighted by Gasteiger charge is 2.31. The molecule has 0 unspecified atom stereocenters. The zero-order chi connectivity index (χ0) is 11.2. The Kier molecular flexibility index (Phi) is 2.40. The third-order valence-corrected chi connectivity index (χ3v) is 4.01. The minimum atomic E-state index is 0.184. The fourth-order valence-electron chi connectivity index (χ4n) is 2.17. The van der Waals surface area contributed by atoms with Crippen molar-refractivity contribution < 1.29 is 0 Å². The van der Waals surface area contributed by atoms with Gasteiger partial charge in [-0.05, 0) is 26.7 Å². The molecule has 3 rings (SSSR count). The normalized spacial score (nSPS) is 24.8. The monoisotopic (exact) mass is 238 g/mol. The highest BCUT2D eigenvalue weighted by molar-refractivity contribution is 7.09. The van der Waals surface area contributed by atoms with Crippen molar-refractivity contribution >= 4 is 16.7 Å². The Labute approximate surface area is 100 Å². The van der Waals surface area contributed by atoms with Crippen LogP contribution in [0.2, 0.25) is 0 Å². The Hall–Kier alpha value is -0.680. The molecule has 0 amide bonds. The fourth-order valence-corrected chi connectivity index (χ4v) is 2.94.